The molecule has 0 unspecified atom stereocenters. The SMILES string of the molecule is CCCOc1ccc(NC2=NCCCCC2)cc1. The summed E-state index contributed by atoms with van der Waals surface area (Å²) in [7, 11) is 0. The molecule has 0 aliphatic carbocycles. The average Bonchev–Trinajstić information content (AvgIpc) is 2.67. The van der Waals surface area contributed by atoms with Gasteiger partial charge in [-0.25, -0.2) is 0 Å². The summed E-state index contributed by atoms with van der Waals surface area (Å²) in [6.07, 6.45) is 5.85. The van der Waals surface area contributed by atoms with Gasteiger partial charge in [0.05, 0.1) is 6.61 Å². The summed E-state index contributed by atoms with van der Waals surface area (Å²) in [4.78, 5) is 4.56. The number of amidine groups is 1. The fourth-order valence-corrected chi connectivity index (χ4v) is 2.00. The van der Waals surface area contributed by atoms with E-state index in [1.54, 1.807) is 0 Å². The zero-order valence-corrected chi connectivity index (χ0v) is 11.1. The van der Waals surface area contributed by atoms with Gasteiger partial charge in [-0.1, -0.05) is 13.3 Å². The summed E-state index contributed by atoms with van der Waals surface area (Å²) in [5.74, 6) is 2.06. The van der Waals surface area contributed by atoms with Crippen molar-refractivity contribution in [1.82, 2.24) is 0 Å². The first-order chi connectivity index (χ1) is 8.88. The number of anilines is 1. The van der Waals surface area contributed by atoms with Crippen molar-refractivity contribution in [3.05, 3.63) is 24.3 Å². The van der Waals surface area contributed by atoms with Crippen LogP contribution in [0.3, 0.4) is 0 Å². The predicted molar refractivity (Wildman–Crippen MR) is 76.6 cm³/mol. The van der Waals surface area contributed by atoms with E-state index in [1.807, 2.05) is 12.1 Å². The minimum Gasteiger partial charge on any atom is -0.494 e. The molecule has 1 heterocycles. The lowest BCUT2D eigenvalue weighted by Crippen LogP contribution is -2.11. The Hall–Kier alpha value is -1.51. The number of rotatable bonds is 4. The van der Waals surface area contributed by atoms with Gasteiger partial charge in [0.1, 0.15) is 11.6 Å². The van der Waals surface area contributed by atoms with Crippen LogP contribution in [-0.2, 0) is 0 Å². The van der Waals surface area contributed by atoms with Crippen molar-refractivity contribution in [2.75, 3.05) is 18.5 Å². The standard InChI is InChI=1S/C15H22N2O/c1-2-12-18-14-9-7-13(8-10-14)17-15-6-4-3-5-11-16-15/h7-10H,2-6,11-12H2,1H3,(H,16,17). The lowest BCUT2D eigenvalue weighted by atomic mass is 10.2. The smallest absolute Gasteiger partial charge is 0.119 e. The second-order valence-electron chi connectivity index (χ2n) is 4.64. The number of hydrogen-bond donors (Lipinski definition) is 1. The molecule has 1 aromatic carbocycles. The Morgan fingerprint density at radius 1 is 1.17 bits per heavy atom. The molecule has 0 atom stereocenters. The summed E-state index contributed by atoms with van der Waals surface area (Å²) in [5.41, 5.74) is 1.10. The molecule has 0 saturated heterocycles. The van der Waals surface area contributed by atoms with Gasteiger partial charge >= 0.3 is 0 Å². The highest BCUT2D eigenvalue weighted by molar-refractivity contribution is 5.95. The zero-order valence-electron chi connectivity index (χ0n) is 11.1. The van der Waals surface area contributed by atoms with E-state index in [0.717, 1.165) is 43.3 Å². The van der Waals surface area contributed by atoms with E-state index in [4.69, 9.17) is 4.74 Å². The summed E-state index contributed by atoms with van der Waals surface area (Å²) >= 11 is 0. The quantitative estimate of drug-likeness (QED) is 0.875. The highest BCUT2D eigenvalue weighted by Gasteiger charge is 2.04. The van der Waals surface area contributed by atoms with Gasteiger partial charge in [-0.05, 0) is 43.5 Å². The molecule has 0 fully saturated rings. The predicted octanol–water partition coefficient (Wildman–Crippen LogP) is 3.86. The van der Waals surface area contributed by atoms with Crippen molar-refractivity contribution < 1.29 is 4.74 Å². The van der Waals surface area contributed by atoms with Gasteiger partial charge in [-0.2, -0.15) is 0 Å². The van der Waals surface area contributed by atoms with E-state index in [-0.39, 0.29) is 0 Å². The molecule has 0 aromatic heterocycles. The molecular formula is C15H22N2O. The van der Waals surface area contributed by atoms with Crippen molar-refractivity contribution in [2.45, 2.75) is 39.0 Å². The van der Waals surface area contributed by atoms with Crippen LogP contribution in [0, 0.1) is 0 Å². The zero-order chi connectivity index (χ0) is 12.6. The van der Waals surface area contributed by atoms with E-state index in [1.165, 1.54) is 19.3 Å². The van der Waals surface area contributed by atoms with E-state index < -0.39 is 0 Å². The van der Waals surface area contributed by atoms with Gasteiger partial charge < -0.3 is 10.1 Å². The highest BCUT2D eigenvalue weighted by atomic mass is 16.5. The molecule has 0 spiro atoms. The molecule has 1 N–H and O–H groups in total. The minimum atomic E-state index is 0.777. The molecule has 2 rings (SSSR count). The molecule has 3 heteroatoms. The number of benzene rings is 1. The third-order valence-corrected chi connectivity index (χ3v) is 2.99. The van der Waals surface area contributed by atoms with E-state index in [9.17, 15) is 0 Å². The molecule has 18 heavy (non-hydrogen) atoms. The van der Waals surface area contributed by atoms with Gasteiger partial charge in [-0.3, -0.25) is 4.99 Å². The van der Waals surface area contributed by atoms with Crippen molar-refractivity contribution in [2.24, 2.45) is 4.99 Å². The van der Waals surface area contributed by atoms with Crippen LogP contribution < -0.4 is 10.1 Å². The van der Waals surface area contributed by atoms with E-state index >= 15 is 0 Å². The van der Waals surface area contributed by atoms with Crippen LogP contribution >= 0.6 is 0 Å². The molecule has 3 nitrogen and oxygen atoms in total. The molecular weight excluding hydrogens is 224 g/mol. The summed E-state index contributed by atoms with van der Waals surface area (Å²) in [6, 6.07) is 8.13. The summed E-state index contributed by atoms with van der Waals surface area (Å²) in [6.45, 7) is 3.85. The normalized spacial score (nSPS) is 15.7. The third kappa shape index (κ3) is 4.06. The van der Waals surface area contributed by atoms with E-state index in [0.29, 0.717) is 0 Å². The Morgan fingerprint density at radius 3 is 2.78 bits per heavy atom. The van der Waals surface area contributed by atoms with Crippen LogP contribution in [0.4, 0.5) is 5.69 Å². The van der Waals surface area contributed by atoms with Crippen LogP contribution in [0.5, 0.6) is 5.75 Å². The second kappa shape index (κ2) is 7.04. The van der Waals surface area contributed by atoms with Crippen molar-refractivity contribution in [3.63, 3.8) is 0 Å². The van der Waals surface area contributed by atoms with E-state index in [2.05, 4.69) is 29.4 Å². The Morgan fingerprint density at radius 2 is 2.00 bits per heavy atom. The Labute approximate surface area is 109 Å². The van der Waals surface area contributed by atoms with Crippen LogP contribution in [0.1, 0.15) is 39.0 Å². The molecule has 0 bridgehead atoms. The maximum absolute atomic E-state index is 5.56. The molecule has 0 saturated carbocycles. The van der Waals surface area contributed by atoms with Crippen LogP contribution in [0.15, 0.2) is 29.3 Å². The Bertz CT molecular complexity index is 384. The molecule has 98 valence electrons. The molecule has 1 aliphatic heterocycles. The Balaban J connectivity index is 1.90. The third-order valence-electron chi connectivity index (χ3n) is 2.99. The monoisotopic (exact) mass is 246 g/mol. The van der Waals surface area contributed by atoms with Gasteiger partial charge in [-0.15, -0.1) is 0 Å². The summed E-state index contributed by atoms with van der Waals surface area (Å²) in [5, 5.41) is 3.40. The number of aliphatic imine (C=N–C) groups is 1. The molecule has 0 amide bonds. The number of nitrogens with zero attached hydrogens (tertiary/aromatic N) is 1. The fraction of sp³-hybridized carbons (Fsp3) is 0.533. The highest BCUT2D eigenvalue weighted by Crippen LogP contribution is 2.17. The topological polar surface area (TPSA) is 33.6 Å². The first kappa shape index (κ1) is 12.9. The van der Waals surface area contributed by atoms with Crippen LogP contribution in [0.2, 0.25) is 0 Å². The average molecular weight is 246 g/mol. The largest absolute Gasteiger partial charge is 0.494 e. The lowest BCUT2D eigenvalue weighted by Gasteiger charge is -2.09. The van der Waals surface area contributed by atoms with Crippen molar-refractivity contribution in [1.29, 1.82) is 0 Å². The molecule has 1 aromatic rings. The Kier molecular flexibility index (Phi) is 5.06. The first-order valence-corrected chi connectivity index (χ1v) is 6.91. The lowest BCUT2D eigenvalue weighted by molar-refractivity contribution is 0.317. The van der Waals surface area contributed by atoms with Crippen LogP contribution in [-0.4, -0.2) is 19.0 Å². The van der Waals surface area contributed by atoms with Crippen molar-refractivity contribution in [3.8, 4) is 5.75 Å². The fourth-order valence-electron chi connectivity index (χ4n) is 2.00. The van der Waals surface area contributed by atoms with Gasteiger partial charge in [0.25, 0.3) is 0 Å². The number of hydrogen-bond acceptors (Lipinski definition) is 3. The molecule has 1 aliphatic rings. The minimum absolute atomic E-state index is 0.777. The van der Waals surface area contributed by atoms with Crippen molar-refractivity contribution >= 4 is 11.5 Å². The van der Waals surface area contributed by atoms with Crippen LogP contribution in [0.25, 0.3) is 0 Å². The van der Waals surface area contributed by atoms with Gasteiger partial charge in [0.2, 0.25) is 0 Å². The second-order valence-corrected chi connectivity index (χ2v) is 4.64. The number of nitrogens with one attached hydrogen (secondary N) is 1. The summed E-state index contributed by atoms with van der Waals surface area (Å²) < 4.78 is 5.56. The number of ether oxygens (including phenoxy) is 1. The maximum Gasteiger partial charge on any atom is 0.119 e. The van der Waals surface area contributed by atoms with Gasteiger partial charge in [0, 0.05) is 18.7 Å². The van der Waals surface area contributed by atoms with Gasteiger partial charge in [0.15, 0.2) is 0 Å². The first-order valence-electron chi connectivity index (χ1n) is 6.91. The molecule has 0 radical (unpaired) electrons. The maximum atomic E-state index is 5.56.